The van der Waals surface area contributed by atoms with Crippen LogP contribution < -0.4 is 14.4 Å². The molecule has 37 heavy (non-hydrogen) atoms. The van der Waals surface area contributed by atoms with Crippen LogP contribution in [-0.2, 0) is 14.3 Å². The van der Waals surface area contributed by atoms with Gasteiger partial charge in [0.05, 0.1) is 41.0 Å². The summed E-state index contributed by atoms with van der Waals surface area (Å²) in [5.74, 6) is 1.61. The lowest BCUT2D eigenvalue weighted by Crippen LogP contribution is -2.41. The Hall–Kier alpha value is -3.39. The van der Waals surface area contributed by atoms with E-state index >= 15 is 0 Å². The van der Waals surface area contributed by atoms with Gasteiger partial charge in [0, 0.05) is 0 Å². The van der Waals surface area contributed by atoms with Crippen molar-refractivity contribution in [3.63, 3.8) is 0 Å². The number of amides is 1. The molecule has 1 saturated carbocycles. The van der Waals surface area contributed by atoms with E-state index in [1.807, 2.05) is 56.3 Å². The van der Waals surface area contributed by atoms with E-state index in [0.29, 0.717) is 16.6 Å². The van der Waals surface area contributed by atoms with E-state index in [0.717, 1.165) is 46.5 Å². The molecule has 0 bridgehead atoms. The Bertz CT molecular complexity index is 1410. The van der Waals surface area contributed by atoms with Crippen LogP contribution in [0.3, 0.4) is 0 Å². The maximum Gasteiger partial charge on any atom is 0.296 e. The van der Waals surface area contributed by atoms with Crippen LogP contribution in [0.15, 0.2) is 53.8 Å². The number of Topliss-reactive ketones (excluding diaryl/α,β-unsaturated/α-hetero) is 1. The van der Waals surface area contributed by atoms with Crippen molar-refractivity contribution in [2.45, 2.75) is 58.3 Å². The molecule has 1 aromatic heterocycles. The molecule has 4 atom stereocenters. The van der Waals surface area contributed by atoms with E-state index in [-0.39, 0.29) is 35.6 Å². The van der Waals surface area contributed by atoms with E-state index < -0.39 is 6.04 Å². The third-order valence-corrected chi connectivity index (χ3v) is 8.49. The molecular weight excluding hydrogens is 488 g/mol. The van der Waals surface area contributed by atoms with Crippen LogP contribution in [-0.4, -0.2) is 36.0 Å². The molecule has 0 N–H and O–H groups in total. The number of thiazole rings is 1. The van der Waals surface area contributed by atoms with Gasteiger partial charge in [0.25, 0.3) is 5.91 Å². The highest BCUT2D eigenvalue weighted by Crippen LogP contribution is 2.50. The Morgan fingerprint density at radius 3 is 2.57 bits per heavy atom. The molecule has 2 aliphatic heterocycles. The van der Waals surface area contributed by atoms with Crippen molar-refractivity contribution < 1.29 is 23.8 Å². The van der Waals surface area contributed by atoms with E-state index in [1.54, 1.807) is 12.0 Å². The van der Waals surface area contributed by atoms with E-state index in [1.165, 1.54) is 11.3 Å². The van der Waals surface area contributed by atoms with Crippen LogP contribution in [0.2, 0.25) is 0 Å². The van der Waals surface area contributed by atoms with Crippen LogP contribution in [0.1, 0.15) is 51.6 Å². The van der Waals surface area contributed by atoms with Gasteiger partial charge in [-0.25, -0.2) is 4.98 Å². The fourth-order valence-electron chi connectivity index (χ4n) is 5.71. The monoisotopic (exact) mass is 518 g/mol. The van der Waals surface area contributed by atoms with Crippen LogP contribution >= 0.6 is 11.3 Å². The second-order valence-corrected chi connectivity index (χ2v) is 11.4. The average molecular weight is 519 g/mol. The van der Waals surface area contributed by atoms with Crippen LogP contribution in [0.25, 0.3) is 10.2 Å². The lowest BCUT2D eigenvalue weighted by molar-refractivity contribution is -0.132. The predicted octanol–water partition coefficient (Wildman–Crippen LogP) is 5.84. The number of benzene rings is 2. The summed E-state index contributed by atoms with van der Waals surface area (Å²) in [7, 11) is 1.62. The summed E-state index contributed by atoms with van der Waals surface area (Å²) in [5.41, 5.74) is 2.05. The molecule has 7 nitrogen and oxygen atoms in total. The van der Waals surface area contributed by atoms with Crippen molar-refractivity contribution in [1.82, 2.24) is 4.98 Å². The Kier molecular flexibility index (Phi) is 5.94. The predicted molar refractivity (Wildman–Crippen MR) is 142 cm³/mol. The zero-order valence-corrected chi connectivity index (χ0v) is 22.2. The highest BCUT2D eigenvalue weighted by atomic mass is 32.1. The first kappa shape index (κ1) is 24.0. The summed E-state index contributed by atoms with van der Waals surface area (Å²) >= 11 is 1.41. The van der Waals surface area contributed by atoms with Crippen molar-refractivity contribution in [3.05, 3.63) is 59.4 Å². The second-order valence-electron chi connectivity index (χ2n) is 10.4. The molecule has 3 aliphatic rings. The standard InChI is InChI=1S/C29H30N2O5S/c1-15(2)35-18-8-6-17(7-9-18)25-24-26(32)20-13-16(3)5-12-22(20)36-27(24)28(33)31(25)29-30-21-11-10-19(34-4)14-23(21)37-29/h6-11,14-16,20,22,25H,5,12-13H2,1-4H3. The van der Waals surface area contributed by atoms with Crippen LogP contribution in [0, 0.1) is 11.8 Å². The maximum atomic E-state index is 14.0. The smallest absolute Gasteiger partial charge is 0.296 e. The van der Waals surface area contributed by atoms with E-state index in [4.69, 9.17) is 19.2 Å². The minimum Gasteiger partial charge on any atom is -0.497 e. The summed E-state index contributed by atoms with van der Waals surface area (Å²) in [6.07, 6.45) is 2.36. The Balaban J connectivity index is 1.46. The minimum atomic E-state index is -0.608. The quantitative estimate of drug-likeness (QED) is 0.422. The molecule has 0 saturated heterocycles. The van der Waals surface area contributed by atoms with Crippen molar-refractivity contribution in [1.29, 1.82) is 0 Å². The number of nitrogens with zero attached hydrogens (tertiary/aromatic N) is 2. The topological polar surface area (TPSA) is 78.0 Å². The van der Waals surface area contributed by atoms with Gasteiger partial charge in [0.2, 0.25) is 0 Å². The number of carbonyl (C=O) groups excluding carboxylic acids is 2. The summed E-state index contributed by atoms with van der Waals surface area (Å²) in [6.45, 7) is 6.13. The summed E-state index contributed by atoms with van der Waals surface area (Å²) in [6, 6.07) is 12.7. The van der Waals surface area contributed by atoms with Gasteiger partial charge in [-0.2, -0.15) is 0 Å². The molecule has 3 heterocycles. The van der Waals surface area contributed by atoms with Crippen molar-refractivity contribution in [2.75, 3.05) is 12.0 Å². The first-order valence-corrected chi connectivity index (χ1v) is 13.7. The highest BCUT2D eigenvalue weighted by molar-refractivity contribution is 7.22. The summed E-state index contributed by atoms with van der Waals surface area (Å²) in [4.78, 5) is 34.3. The molecule has 1 fully saturated rings. The number of hydrogen-bond donors (Lipinski definition) is 0. The zero-order valence-electron chi connectivity index (χ0n) is 21.4. The molecule has 192 valence electrons. The van der Waals surface area contributed by atoms with Gasteiger partial charge in [0.1, 0.15) is 17.6 Å². The molecular formula is C29H30N2O5S. The molecule has 1 amide bonds. The molecule has 4 unspecified atom stereocenters. The number of carbonyl (C=O) groups is 2. The Morgan fingerprint density at radius 1 is 1.08 bits per heavy atom. The largest absolute Gasteiger partial charge is 0.497 e. The molecule has 8 heteroatoms. The molecule has 6 rings (SSSR count). The first-order valence-electron chi connectivity index (χ1n) is 12.8. The molecule has 2 aromatic carbocycles. The van der Waals surface area contributed by atoms with Gasteiger partial charge >= 0.3 is 0 Å². The number of methoxy groups -OCH3 is 1. The average Bonchev–Trinajstić information content (AvgIpc) is 3.42. The number of hydrogen-bond acceptors (Lipinski definition) is 7. The number of ether oxygens (including phenoxy) is 3. The van der Waals surface area contributed by atoms with Gasteiger partial charge in [-0.05, 0) is 74.9 Å². The van der Waals surface area contributed by atoms with Crippen molar-refractivity contribution >= 4 is 38.4 Å². The molecule has 0 radical (unpaired) electrons. The molecule has 0 spiro atoms. The van der Waals surface area contributed by atoms with Crippen molar-refractivity contribution in [3.8, 4) is 11.5 Å². The highest BCUT2D eigenvalue weighted by Gasteiger charge is 2.53. The van der Waals surface area contributed by atoms with Gasteiger partial charge in [-0.1, -0.05) is 30.4 Å². The Labute approximate surface area is 220 Å². The third kappa shape index (κ3) is 4.07. The van der Waals surface area contributed by atoms with Gasteiger partial charge in [-0.3, -0.25) is 14.5 Å². The number of rotatable bonds is 5. The SMILES string of the molecule is COc1ccc2nc(N3C(=O)C4=C(C(=O)C5CC(C)CCC5O4)C3c3ccc(OC(C)C)cc3)sc2c1. The fourth-order valence-corrected chi connectivity index (χ4v) is 6.73. The number of aromatic nitrogens is 1. The number of ketones is 1. The lowest BCUT2D eigenvalue weighted by Gasteiger charge is -2.37. The van der Waals surface area contributed by atoms with Crippen LogP contribution in [0.5, 0.6) is 11.5 Å². The van der Waals surface area contributed by atoms with Gasteiger partial charge in [-0.15, -0.1) is 0 Å². The summed E-state index contributed by atoms with van der Waals surface area (Å²) in [5, 5.41) is 0.530. The van der Waals surface area contributed by atoms with Gasteiger partial charge < -0.3 is 14.2 Å². The summed E-state index contributed by atoms with van der Waals surface area (Å²) < 4.78 is 18.4. The second kappa shape index (κ2) is 9.17. The normalized spacial score (nSPS) is 25.4. The van der Waals surface area contributed by atoms with E-state index in [9.17, 15) is 9.59 Å². The lowest BCUT2D eigenvalue weighted by atomic mass is 9.74. The van der Waals surface area contributed by atoms with E-state index in [2.05, 4.69) is 6.92 Å². The third-order valence-electron chi connectivity index (χ3n) is 7.47. The van der Waals surface area contributed by atoms with Gasteiger partial charge in [0.15, 0.2) is 16.7 Å². The van der Waals surface area contributed by atoms with Crippen LogP contribution in [0.4, 0.5) is 5.13 Å². The first-order chi connectivity index (χ1) is 17.8. The molecule has 1 aliphatic carbocycles. The zero-order chi connectivity index (χ0) is 25.8. The molecule has 3 aromatic rings. The number of fused-ring (bicyclic) bond motifs is 2. The maximum absolute atomic E-state index is 14.0. The Morgan fingerprint density at radius 2 is 1.84 bits per heavy atom. The fraction of sp³-hybridized carbons (Fsp3) is 0.414. The minimum absolute atomic E-state index is 0.0314. The number of anilines is 1. The van der Waals surface area contributed by atoms with Crippen molar-refractivity contribution in [2.24, 2.45) is 11.8 Å².